The SMILES string of the molecule is Cc1cc(F)ccc1Cn1nnc(C(=O)O)c1C1CC1. The molecule has 1 saturated carbocycles. The van der Waals surface area contributed by atoms with E-state index in [4.69, 9.17) is 5.11 Å². The summed E-state index contributed by atoms with van der Waals surface area (Å²) < 4.78 is 14.7. The molecule has 0 saturated heterocycles. The quantitative estimate of drug-likeness (QED) is 0.930. The highest BCUT2D eigenvalue weighted by molar-refractivity contribution is 5.86. The molecule has 5 nitrogen and oxygen atoms in total. The monoisotopic (exact) mass is 275 g/mol. The molecular formula is C14H14FN3O2. The fourth-order valence-corrected chi connectivity index (χ4v) is 2.35. The Morgan fingerprint density at radius 3 is 2.85 bits per heavy atom. The van der Waals surface area contributed by atoms with Crippen molar-refractivity contribution >= 4 is 5.97 Å². The van der Waals surface area contributed by atoms with Crippen LogP contribution in [0.25, 0.3) is 0 Å². The van der Waals surface area contributed by atoms with Crippen LogP contribution in [0.1, 0.15) is 46.1 Å². The molecule has 1 fully saturated rings. The van der Waals surface area contributed by atoms with Crippen molar-refractivity contribution in [1.29, 1.82) is 0 Å². The lowest BCUT2D eigenvalue weighted by Crippen LogP contribution is -2.09. The average molecular weight is 275 g/mol. The molecule has 0 radical (unpaired) electrons. The molecule has 104 valence electrons. The van der Waals surface area contributed by atoms with Crippen LogP contribution in [0.3, 0.4) is 0 Å². The maximum atomic E-state index is 13.1. The maximum absolute atomic E-state index is 13.1. The van der Waals surface area contributed by atoms with Gasteiger partial charge in [0.25, 0.3) is 0 Å². The molecule has 3 rings (SSSR count). The van der Waals surface area contributed by atoms with Crippen molar-refractivity contribution in [2.24, 2.45) is 0 Å². The lowest BCUT2D eigenvalue weighted by molar-refractivity contribution is 0.0689. The van der Waals surface area contributed by atoms with Crippen molar-refractivity contribution in [3.63, 3.8) is 0 Å². The fraction of sp³-hybridized carbons (Fsp3) is 0.357. The van der Waals surface area contributed by atoms with Gasteiger partial charge in [0.1, 0.15) is 5.82 Å². The maximum Gasteiger partial charge on any atom is 0.358 e. The first-order valence-corrected chi connectivity index (χ1v) is 6.48. The summed E-state index contributed by atoms with van der Waals surface area (Å²) in [6.07, 6.45) is 1.94. The lowest BCUT2D eigenvalue weighted by atomic mass is 10.1. The smallest absolute Gasteiger partial charge is 0.358 e. The first-order chi connectivity index (χ1) is 9.56. The number of carbonyl (C=O) groups is 1. The molecule has 2 aromatic rings. The minimum Gasteiger partial charge on any atom is -0.476 e. The average Bonchev–Trinajstić information content (AvgIpc) is 3.13. The summed E-state index contributed by atoms with van der Waals surface area (Å²) in [5.41, 5.74) is 2.45. The summed E-state index contributed by atoms with van der Waals surface area (Å²) >= 11 is 0. The Balaban J connectivity index is 1.96. The highest BCUT2D eigenvalue weighted by Crippen LogP contribution is 2.41. The zero-order chi connectivity index (χ0) is 14.3. The molecule has 1 N–H and O–H groups in total. The van der Waals surface area contributed by atoms with E-state index in [1.54, 1.807) is 10.7 Å². The van der Waals surface area contributed by atoms with Crippen molar-refractivity contribution in [3.05, 3.63) is 46.5 Å². The largest absolute Gasteiger partial charge is 0.476 e. The van der Waals surface area contributed by atoms with Crippen molar-refractivity contribution in [2.45, 2.75) is 32.2 Å². The van der Waals surface area contributed by atoms with E-state index in [9.17, 15) is 9.18 Å². The van der Waals surface area contributed by atoms with Gasteiger partial charge in [-0.2, -0.15) is 0 Å². The second-order valence-corrected chi connectivity index (χ2v) is 5.13. The number of benzene rings is 1. The van der Waals surface area contributed by atoms with E-state index < -0.39 is 5.97 Å². The lowest BCUT2D eigenvalue weighted by Gasteiger charge is -2.09. The van der Waals surface area contributed by atoms with Crippen molar-refractivity contribution in [1.82, 2.24) is 15.0 Å². The molecule has 1 aliphatic carbocycles. The molecule has 0 atom stereocenters. The molecule has 1 heterocycles. The van der Waals surface area contributed by atoms with Gasteiger partial charge in [-0.25, -0.2) is 13.9 Å². The van der Waals surface area contributed by atoms with E-state index in [0.717, 1.165) is 24.0 Å². The minimum absolute atomic E-state index is 0.0345. The van der Waals surface area contributed by atoms with Gasteiger partial charge < -0.3 is 5.11 Å². The van der Waals surface area contributed by atoms with E-state index in [0.29, 0.717) is 12.2 Å². The van der Waals surface area contributed by atoms with E-state index in [1.807, 2.05) is 6.92 Å². The predicted molar refractivity (Wildman–Crippen MR) is 69.2 cm³/mol. The van der Waals surface area contributed by atoms with Gasteiger partial charge in [-0.1, -0.05) is 11.3 Å². The normalized spacial score (nSPS) is 14.5. The second-order valence-electron chi connectivity index (χ2n) is 5.13. The number of carboxylic acids is 1. The zero-order valence-corrected chi connectivity index (χ0v) is 11.0. The zero-order valence-electron chi connectivity index (χ0n) is 11.0. The van der Waals surface area contributed by atoms with Crippen LogP contribution in [0.15, 0.2) is 18.2 Å². The van der Waals surface area contributed by atoms with Crippen LogP contribution in [0, 0.1) is 12.7 Å². The van der Waals surface area contributed by atoms with Gasteiger partial charge in [-0.15, -0.1) is 5.10 Å². The number of aromatic carboxylic acids is 1. The molecule has 6 heteroatoms. The Labute approximate surface area is 115 Å². The summed E-state index contributed by atoms with van der Waals surface area (Å²) in [6, 6.07) is 4.55. The molecule has 0 amide bonds. The Morgan fingerprint density at radius 2 is 2.25 bits per heavy atom. The summed E-state index contributed by atoms with van der Waals surface area (Å²) in [7, 11) is 0. The van der Waals surface area contributed by atoms with Crippen LogP contribution in [0.4, 0.5) is 4.39 Å². The van der Waals surface area contributed by atoms with Gasteiger partial charge >= 0.3 is 5.97 Å². The number of nitrogens with zero attached hydrogens (tertiary/aromatic N) is 3. The van der Waals surface area contributed by atoms with Gasteiger partial charge in [-0.05, 0) is 43.0 Å². The second kappa shape index (κ2) is 4.70. The first kappa shape index (κ1) is 12.8. The molecule has 0 bridgehead atoms. The molecule has 1 aromatic heterocycles. The van der Waals surface area contributed by atoms with Gasteiger partial charge in [-0.3, -0.25) is 0 Å². The fourth-order valence-electron chi connectivity index (χ4n) is 2.35. The summed E-state index contributed by atoms with van der Waals surface area (Å²) in [5, 5.41) is 16.9. The van der Waals surface area contributed by atoms with Crippen LogP contribution >= 0.6 is 0 Å². The van der Waals surface area contributed by atoms with Gasteiger partial charge in [0.05, 0.1) is 12.2 Å². The number of halogens is 1. The molecule has 1 aromatic carbocycles. The number of hydrogen-bond donors (Lipinski definition) is 1. The van der Waals surface area contributed by atoms with E-state index in [-0.39, 0.29) is 17.4 Å². The van der Waals surface area contributed by atoms with E-state index >= 15 is 0 Å². The van der Waals surface area contributed by atoms with Crippen LogP contribution in [0.2, 0.25) is 0 Å². The Morgan fingerprint density at radius 1 is 1.50 bits per heavy atom. The topological polar surface area (TPSA) is 68.0 Å². The number of aromatic nitrogens is 3. The van der Waals surface area contributed by atoms with Crippen molar-refractivity contribution < 1.29 is 14.3 Å². The third-order valence-electron chi connectivity index (χ3n) is 3.56. The van der Waals surface area contributed by atoms with E-state index in [2.05, 4.69) is 10.3 Å². The van der Waals surface area contributed by atoms with Gasteiger partial charge in [0.2, 0.25) is 0 Å². The van der Waals surface area contributed by atoms with E-state index in [1.165, 1.54) is 12.1 Å². The molecule has 0 aliphatic heterocycles. The summed E-state index contributed by atoms with van der Waals surface area (Å²) in [4.78, 5) is 11.2. The van der Waals surface area contributed by atoms with Crippen LogP contribution in [-0.4, -0.2) is 26.1 Å². The summed E-state index contributed by atoms with van der Waals surface area (Å²) in [6.45, 7) is 2.24. The number of hydrogen-bond acceptors (Lipinski definition) is 3. The number of carboxylic acid groups (broad SMARTS) is 1. The van der Waals surface area contributed by atoms with Crippen molar-refractivity contribution in [3.8, 4) is 0 Å². The van der Waals surface area contributed by atoms with Crippen LogP contribution in [-0.2, 0) is 6.54 Å². The standard InChI is InChI=1S/C14H14FN3O2/c1-8-6-11(15)5-4-10(8)7-18-13(9-2-3-9)12(14(19)20)16-17-18/h4-6,9H,2-3,7H2,1H3,(H,19,20). The Hall–Kier alpha value is -2.24. The molecule has 0 spiro atoms. The summed E-state index contributed by atoms with van der Waals surface area (Å²) in [5.74, 6) is -1.09. The minimum atomic E-state index is -1.05. The first-order valence-electron chi connectivity index (χ1n) is 6.48. The molecule has 1 aliphatic rings. The Bertz CT molecular complexity index is 677. The van der Waals surface area contributed by atoms with Crippen LogP contribution < -0.4 is 0 Å². The molecule has 0 unspecified atom stereocenters. The van der Waals surface area contributed by atoms with Crippen molar-refractivity contribution in [2.75, 3.05) is 0 Å². The van der Waals surface area contributed by atoms with Crippen LogP contribution in [0.5, 0.6) is 0 Å². The predicted octanol–water partition coefficient (Wildman–Crippen LogP) is 2.35. The molecular weight excluding hydrogens is 261 g/mol. The highest BCUT2D eigenvalue weighted by Gasteiger charge is 2.33. The third kappa shape index (κ3) is 2.29. The van der Waals surface area contributed by atoms with Gasteiger partial charge in [0.15, 0.2) is 5.69 Å². The van der Waals surface area contributed by atoms with Gasteiger partial charge in [0, 0.05) is 5.92 Å². The highest BCUT2D eigenvalue weighted by atomic mass is 19.1. The third-order valence-corrected chi connectivity index (χ3v) is 3.56. The molecule has 20 heavy (non-hydrogen) atoms. The Kier molecular flexibility index (Phi) is 3.00. The number of rotatable bonds is 4. The number of aryl methyl sites for hydroxylation is 1.